The van der Waals surface area contributed by atoms with E-state index in [1.165, 1.54) is 11.8 Å². The highest BCUT2D eigenvalue weighted by molar-refractivity contribution is 6.20. The summed E-state index contributed by atoms with van der Waals surface area (Å²) < 4.78 is 26.8. The number of amides is 3. The highest BCUT2D eigenvalue weighted by atomic mass is 19.1. The Morgan fingerprint density at radius 2 is 1.64 bits per heavy atom. The summed E-state index contributed by atoms with van der Waals surface area (Å²) >= 11 is 0. The first-order valence-corrected chi connectivity index (χ1v) is 11.3. The van der Waals surface area contributed by atoms with Crippen LogP contribution in [0.1, 0.15) is 23.6 Å². The van der Waals surface area contributed by atoms with Gasteiger partial charge in [-0.15, -0.1) is 0 Å². The van der Waals surface area contributed by atoms with E-state index in [9.17, 15) is 23.2 Å². The zero-order chi connectivity index (χ0) is 25.8. The Hall–Kier alpha value is -4.40. The molecule has 0 saturated heterocycles. The van der Waals surface area contributed by atoms with Gasteiger partial charge < -0.3 is 15.5 Å². The Labute approximate surface area is 206 Å². The number of hydrogen-bond acceptors (Lipinski definition) is 4. The van der Waals surface area contributed by atoms with Crippen LogP contribution in [-0.4, -0.2) is 42.7 Å². The van der Waals surface area contributed by atoms with Crippen LogP contribution in [-0.2, 0) is 20.8 Å². The van der Waals surface area contributed by atoms with Crippen molar-refractivity contribution in [2.24, 2.45) is 4.99 Å². The molecule has 1 heterocycles. The molecule has 0 bridgehead atoms. The third-order valence-corrected chi connectivity index (χ3v) is 5.73. The van der Waals surface area contributed by atoms with Gasteiger partial charge in [0.2, 0.25) is 18.0 Å². The summed E-state index contributed by atoms with van der Waals surface area (Å²) in [7, 11) is 1.60. The molecule has 1 aliphatic heterocycles. The fourth-order valence-electron chi connectivity index (χ4n) is 3.96. The van der Waals surface area contributed by atoms with Crippen LogP contribution >= 0.6 is 0 Å². The second kappa shape index (κ2) is 10.5. The number of fused-ring (bicyclic) bond motifs is 1. The smallest absolute Gasteiger partial charge is 0.272 e. The first-order valence-electron chi connectivity index (χ1n) is 11.3. The molecule has 1 unspecified atom stereocenters. The van der Waals surface area contributed by atoms with Crippen molar-refractivity contribution in [2.45, 2.75) is 25.6 Å². The molecule has 2 N–H and O–H groups in total. The maximum absolute atomic E-state index is 13.4. The Morgan fingerprint density at radius 3 is 2.33 bits per heavy atom. The van der Waals surface area contributed by atoms with Gasteiger partial charge in [-0.05, 0) is 30.7 Å². The molecule has 36 heavy (non-hydrogen) atoms. The fraction of sp³-hybridized carbons (Fsp3) is 0.185. The number of aliphatic imine (C=N–C) groups is 1. The lowest BCUT2D eigenvalue weighted by Crippen LogP contribution is -2.52. The number of halogens is 2. The van der Waals surface area contributed by atoms with E-state index >= 15 is 0 Å². The topological polar surface area (TPSA) is 90.9 Å². The van der Waals surface area contributed by atoms with Gasteiger partial charge >= 0.3 is 0 Å². The van der Waals surface area contributed by atoms with Crippen LogP contribution in [0.3, 0.4) is 0 Å². The minimum Gasteiger partial charge on any atom is -0.344 e. The van der Waals surface area contributed by atoms with Crippen LogP contribution in [0.25, 0.3) is 0 Å². The maximum atomic E-state index is 13.4. The van der Waals surface area contributed by atoms with Gasteiger partial charge in [0, 0.05) is 24.2 Å². The van der Waals surface area contributed by atoms with Crippen molar-refractivity contribution in [3.8, 4) is 0 Å². The van der Waals surface area contributed by atoms with Gasteiger partial charge in [0.05, 0.1) is 17.8 Å². The fourth-order valence-corrected chi connectivity index (χ4v) is 3.96. The summed E-state index contributed by atoms with van der Waals surface area (Å²) in [6.45, 7) is 1.45. The van der Waals surface area contributed by atoms with Gasteiger partial charge in [-0.2, -0.15) is 0 Å². The van der Waals surface area contributed by atoms with E-state index in [0.717, 1.165) is 23.3 Å². The van der Waals surface area contributed by atoms with Gasteiger partial charge in [0.1, 0.15) is 17.7 Å². The van der Waals surface area contributed by atoms with E-state index in [0.29, 0.717) is 17.5 Å². The first-order chi connectivity index (χ1) is 17.2. The third-order valence-electron chi connectivity index (χ3n) is 5.73. The molecular formula is C27H24F2N4O3. The van der Waals surface area contributed by atoms with E-state index in [4.69, 9.17) is 0 Å². The second-order valence-corrected chi connectivity index (χ2v) is 8.41. The van der Waals surface area contributed by atoms with E-state index < -0.39 is 41.6 Å². The summed E-state index contributed by atoms with van der Waals surface area (Å²) in [6.07, 6.45) is -1.55. The van der Waals surface area contributed by atoms with Crippen LogP contribution in [0.15, 0.2) is 77.8 Å². The average molecular weight is 491 g/mol. The number of anilines is 1. The summed E-state index contributed by atoms with van der Waals surface area (Å²) in [5.41, 5.74) is 2.83. The predicted molar refractivity (Wildman–Crippen MR) is 132 cm³/mol. The molecule has 4 rings (SSSR count). The minimum atomic E-state index is -1.23. The van der Waals surface area contributed by atoms with Crippen molar-refractivity contribution < 1.29 is 23.2 Å². The molecule has 0 aromatic heterocycles. The molecule has 9 heteroatoms. The van der Waals surface area contributed by atoms with E-state index in [1.54, 1.807) is 13.1 Å². The average Bonchev–Trinajstić information content (AvgIpc) is 2.94. The van der Waals surface area contributed by atoms with Crippen LogP contribution in [0, 0.1) is 11.6 Å². The molecule has 7 nitrogen and oxygen atoms in total. The molecule has 2 atom stereocenters. The number of hydrogen-bond donors (Lipinski definition) is 2. The molecule has 1 aliphatic rings. The summed E-state index contributed by atoms with van der Waals surface area (Å²) in [4.78, 5) is 44.5. The van der Waals surface area contributed by atoms with Gasteiger partial charge in [-0.25, -0.2) is 13.8 Å². The largest absolute Gasteiger partial charge is 0.344 e. The zero-order valence-corrected chi connectivity index (χ0v) is 19.7. The van der Waals surface area contributed by atoms with Gasteiger partial charge in [-0.1, -0.05) is 48.5 Å². The van der Waals surface area contributed by atoms with Crippen molar-refractivity contribution in [3.63, 3.8) is 0 Å². The lowest BCUT2D eigenvalue weighted by molar-refractivity contribution is -0.130. The Morgan fingerprint density at radius 1 is 1.00 bits per heavy atom. The molecule has 3 aromatic rings. The summed E-state index contributed by atoms with van der Waals surface area (Å²) in [6, 6.07) is 18.4. The molecule has 184 valence electrons. The number of nitrogens with one attached hydrogen (secondary N) is 2. The number of benzene rings is 3. The van der Waals surface area contributed by atoms with Gasteiger partial charge in [-0.3, -0.25) is 14.4 Å². The number of likely N-dealkylation sites (N-methyl/N-ethyl adjacent to an activating group) is 1. The number of benzodiazepines with no additional fused rings is 1. The van der Waals surface area contributed by atoms with Gasteiger partial charge in [0.25, 0.3) is 5.91 Å². The lowest BCUT2D eigenvalue weighted by Gasteiger charge is -2.22. The lowest BCUT2D eigenvalue weighted by atomic mass is 10.0. The molecule has 0 aliphatic carbocycles. The summed E-state index contributed by atoms with van der Waals surface area (Å²) in [5.74, 6) is -3.29. The Balaban J connectivity index is 1.53. The number of rotatable bonds is 6. The SMILES string of the molecule is CC(NC(=O)Cc1cc(F)cc(F)c1)C(=O)N[C@H]1N=C(c2ccccc2)c2ccccc2N(C)C1=O. The van der Waals surface area contributed by atoms with Crippen molar-refractivity contribution in [1.29, 1.82) is 0 Å². The highest BCUT2D eigenvalue weighted by Crippen LogP contribution is 2.27. The van der Waals surface area contributed by atoms with E-state index in [2.05, 4.69) is 15.6 Å². The van der Waals surface area contributed by atoms with Crippen molar-refractivity contribution in [2.75, 3.05) is 11.9 Å². The quantitative estimate of drug-likeness (QED) is 0.557. The highest BCUT2D eigenvalue weighted by Gasteiger charge is 2.32. The van der Waals surface area contributed by atoms with Gasteiger partial charge in [0.15, 0.2) is 0 Å². The second-order valence-electron chi connectivity index (χ2n) is 8.41. The molecule has 0 radical (unpaired) electrons. The first kappa shape index (κ1) is 24.7. The molecule has 3 amide bonds. The molecule has 0 saturated carbocycles. The molecule has 0 spiro atoms. The van der Waals surface area contributed by atoms with Crippen LogP contribution in [0.2, 0.25) is 0 Å². The standard InChI is InChI=1S/C27H24F2N4O3/c1-16(30-23(34)14-17-12-19(28)15-20(29)13-17)26(35)32-25-27(36)33(2)22-11-7-6-10-21(22)24(31-25)18-8-4-3-5-9-18/h3-13,15-16,25H,14H2,1-2H3,(H,30,34)(H,32,35)/t16?,25-/m1/s1. The maximum Gasteiger partial charge on any atom is 0.272 e. The zero-order valence-electron chi connectivity index (χ0n) is 19.7. The van der Waals surface area contributed by atoms with E-state index in [1.807, 2.05) is 48.5 Å². The van der Waals surface area contributed by atoms with Crippen LogP contribution in [0.4, 0.5) is 14.5 Å². The van der Waals surface area contributed by atoms with E-state index in [-0.39, 0.29) is 12.0 Å². The van der Waals surface area contributed by atoms with Crippen molar-refractivity contribution in [1.82, 2.24) is 10.6 Å². The Bertz CT molecular complexity index is 1320. The number of carbonyl (C=O) groups excluding carboxylic acids is 3. The Kier molecular flexibility index (Phi) is 7.19. The predicted octanol–water partition coefficient (Wildman–Crippen LogP) is 2.97. The number of carbonyl (C=O) groups is 3. The normalized spacial score (nSPS) is 15.9. The minimum absolute atomic E-state index is 0.132. The molecular weight excluding hydrogens is 466 g/mol. The summed E-state index contributed by atoms with van der Waals surface area (Å²) in [5, 5.41) is 5.10. The third kappa shape index (κ3) is 5.46. The number of para-hydroxylation sites is 1. The van der Waals surface area contributed by atoms with Crippen LogP contribution in [0.5, 0.6) is 0 Å². The van der Waals surface area contributed by atoms with Crippen molar-refractivity contribution >= 4 is 29.1 Å². The number of nitrogens with zero attached hydrogens (tertiary/aromatic N) is 2. The van der Waals surface area contributed by atoms with Crippen LogP contribution < -0.4 is 15.5 Å². The molecule has 3 aromatic carbocycles. The molecule has 0 fully saturated rings. The van der Waals surface area contributed by atoms with Crippen molar-refractivity contribution in [3.05, 3.63) is 101 Å². The monoisotopic (exact) mass is 490 g/mol.